The second-order valence-corrected chi connectivity index (χ2v) is 16.1. The summed E-state index contributed by atoms with van der Waals surface area (Å²) in [5.74, 6) is -2.74. The molecule has 2 saturated heterocycles. The van der Waals surface area contributed by atoms with Gasteiger partial charge in [-0.05, 0) is 38.3 Å². The summed E-state index contributed by atoms with van der Waals surface area (Å²) < 4.78 is 15.5. The second kappa shape index (κ2) is 6.29. The molecule has 9 heteroatoms. The molecular formula is C14H22O7Si2. The molecule has 2 unspecified atom stereocenters. The Morgan fingerprint density at radius 3 is 1.43 bits per heavy atom. The molecule has 0 aromatic heterocycles. The number of carbonyl (C=O) groups excluding carboxylic acids is 4. The predicted molar refractivity (Wildman–Crippen MR) is 84.1 cm³/mol. The van der Waals surface area contributed by atoms with Gasteiger partial charge in [0.1, 0.15) is 0 Å². The van der Waals surface area contributed by atoms with E-state index in [4.69, 9.17) is 4.12 Å². The van der Waals surface area contributed by atoms with Gasteiger partial charge in [0.2, 0.25) is 0 Å². The van der Waals surface area contributed by atoms with Crippen LogP contribution in [0.4, 0.5) is 0 Å². The number of hydrogen-bond acceptors (Lipinski definition) is 7. The van der Waals surface area contributed by atoms with Crippen molar-refractivity contribution in [3.05, 3.63) is 0 Å². The smallest absolute Gasteiger partial charge is 0.316 e. The summed E-state index contributed by atoms with van der Waals surface area (Å²) in [6.07, 6.45) is 0.230. The maximum Gasteiger partial charge on any atom is 0.316 e. The van der Waals surface area contributed by atoms with Crippen molar-refractivity contribution in [2.24, 2.45) is 11.8 Å². The van der Waals surface area contributed by atoms with Gasteiger partial charge in [0, 0.05) is 0 Å². The van der Waals surface area contributed by atoms with Crippen molar-refractivity contribution in [1.29, 1.82) is 0 Å². The van der Waals surface area contributed by atoms with E-state index in [2.05, 4.69) is 9.47 Å². The van der Waals surface area contributed by atoms with Crippen LogP contribution in [0.3, 0.4) is 0 Å². The molecule has 0 saturated carbocycles. The van der Waals surface area contributed by atoms with Gasteiger partial charge < -0.3 is 13.6 Å². The molecule has 2 atom stereocenters. The molecular weight excluding hydrogens is 336 g/mol. The standard InChI is InChI=1S/C14H22O7Si2/c1-22(2,7-9-5-11(15)19-13(9)17)21-23(3,4)8-10-6-12(16)20-14(10)18/h9-10H,5-8H2,1-4H3. The van der Waals surface area contributed by atoms with Gasteiger partial charge in [0.25, 0.3) is 0 Å². The summed E-state index contributed by atoms with van der Waals surface area (Å²) in [4.78, 5) is 45.6. The van der Waals surface area contributed by atoms with Crippen LogP contribution >= 0.6 is 0 Å². The molecule has 2 rings (SSSR count). The van der Waals surface area contributed by atoms with E-state index in [-0.39, 0.29) is 12.8 Å². The minimum Gasteiger partial charge on any atom is -0.455 e. The summed E-state index contributed by atoms with van der Waals surface area (Å²) in [6.45, 7) is 7.98. The van der Waals surface area contributed by atoms with Crippen LogP contribution in [0.2, 0.25) is 38.3 Å². The van der Waals surface area contributed by atoms with Crippen LogP contribution in [0.25, 0.3) is 0 Å². The molecule has 0 N–H and O–H groups in total. The Morgan fingerprint density at radius 1 is 0.826 bits per heavy atom. The van der Waals surface area contributed by atoms with Crippen LogP contribution in [-0.4, -0.2) is 40.5 Å². The van der Waals surface area contributed by atoms with E-state index in [1.165, 1.54) is 0 Å². The Morgan fingerprint density at radius 2 is 1.17 bits per heavy atom. The molecule has 2 fully saturated rings. The van der Waals surface area contributed by atoms with Gasteiger partial charge in [-0.2, -0.15) is 0 Å². The molecule has 0 aromatic rings. The third-order valence-electron chi connectivity index (χ3n) is 3.95. The monoisotopic (exact) mass is 358 g/mol. The van der Waals surface area contributed by atoms with Gasteiger partial charge in [0.15, 0.2) is 16.6 Å². The maximum absolute atomic E-state index is 11.6. The third-order valence-corrected chi connectivity index (χ3v) is 11.3. The topological polar surface area (TPSA) is 96.0 Å². The van der Waals surface area contributed by atoms with E-state index < -0.39 is 52.3 Å². The lowest BCUT2D eigenvalue weighted by molar-refractivity contribution is -0.154. The van der Waals surface area contributed by atoms with Crippen LogP contribution in [0.1, 0.15) is 12.8 Å². The zero-order valence-electron chi connectivity index (χ0n) is 13.8. The van der Waals surface area contributed by atoms with Crippen molar-refractivity contribution < 1.29 is 32.8 Å². The van der Waals surface area contributed by atoms with Crippen molar-refractivity contribution in [2.75, 3.05) is 0 Å². The zero-order valence-corrected chi connectivity index (χ0v) is 15.8. The van der Waals surface area contributed by atoms with Gasteiger partial charge in [-0.1, -0.05) is 0 Å². The van der Waals surface area contributed by atoms with Gasteiger partial charge in [-0.3, -0.25) is 19.2 Å². The van der Waals surface area contributed by atoms with E-state index in [9.17, 15) is 19.2 Å². The van der Waals surface area contributed by atoms with Crippen molar-refractivity contribution in [2.45, 2.75) is 51.1 Å². The van der Waals surface area contributed by atoms with Crippen molar-refractivity contribution in [3.8, 4) is 0 Å². The van der Waals surface area contributed by atoms with Crippen LogP contribution in [0.15, 0.2) is 0 Å². The maximum atomic E-state index is 11.6. The largest absolute Gasteiger partial charge is 0.455 e. The Labute approximate surface area is 136 Å². The highest BCUT2D eigenvalue weighted by atomic mass is 28.4. The fraction of sp³-hybridized carbons (Fsp3) is 0.714. The number of esters is 4. The molecule has 2 aliphatic rings. The van der Waals surface area contributed by atoms with Crippen LogP contribution < -0.4 is 0 Å². The number of carbonyl (C=O) groups is 4. The molecule has 0 aromatic carbocycles. The van der Waals surface area contributed by atoms with Crippen LogP contribution in [0.5, 0.6) is 0 Å². The normalized spacial score (nSPS) is 25.7. The van der Waals surface area contributed by atoms with Crippen LogP contribution in [-0.2, 0) is 32.8 Å². The summed E-state index contributed by atoms with van der Waals surface area (Å²) >= 11 is 0. The highest BCUT2D eigenvalue weighted by molar-refractivity contribution is 6.85. The number of hydrogen-bond donors (Lipinski definition) is 0. The van der Waals surface area contributed by atoms with E-state index in [0.717, 1.165) is 0 Å². The van der Waals surface area contributed by atoms with Crippen LogP contribution in [0, 0.1) is 11.8 Å². The lowest BCUT2D eigenvalue weighted by atomic mass is 10.1. The number of cyclic esters (lactones) is 4. The number of ether oxygens (including phenoxy) is 2. The first-order chi connectivity index (χ1) is 10.5. The quantitative estimate of drug-likeness (QED) is 0.404. The van der Waals surface area contributed by atoms with Gasteiger partial charge in [0.05, 0.1) is 24.7 Å². The van der Waals surface area contributed by atoms with Gasteiger partial charge in [-0.15, -0.1) is 0 Å². The summed E-state index contributed by atoms with van der Waals surface area (Å²) in [5.41, 5.74) is 0. The Kier molecular flexibility index (Phi) is 4.93. The lowest BCUT2D eigenvalue weighted by Gasteiger charge is -2.35. The zero-order chi connectivity index (χ0) is 17.4. The van der Waals surface area contributed by atoms with E-state index >= 15 is 0 Å². The van der Waals surface area contributed by atoms with Gasteiger partial charge >= 0.3 is 23.9 Å². The molecule has 2 aliphatic heterocycles. The third kappa shape index (κ3) is 4.82. The number of rotatable bonds is 6. The van der Waals surface area contributed by atoms with E-state index in [1.807, 2.05) is 26.2 Å². The highest BCUT2D eigenvalue weighted by Crippen LogP contribution is 2.33. The molecule has 0 spiro atoms. The minimum absolute atomic E-state index is 0.115. The molecule has 2 heterocycles. The van der Waals surface area contributed by atoms with Crippen molar-refractivity contribution in [3.63, 3.8) is 0 Å². The first kappa shape index (κ1) is 18.0. The lowest BCUT2D eigenvalue weighted by Crippen LogP contribution is -2.46. The van der Waals surface area contributed by atoms with Crippen molar-refractivity contribution in [1.82, 2.24) is 0 Å². The molecule has 128 valence electrons. The first-order valence-corrected chi connectivity index (χ1v) is 13.9. The first-order valence-electron chi connectivity index (χ1n) is 7.67. The average Bonchev–Trinajstić information content (AvgIpc) is 2.79. The summed E-state index contributed by atoms with van der Waals surface area (Å²) in [6, 6.07) is 1.03. The SMILES string of the molecule is C[Si](C)(CC1CC(=O)OC1=O)O[Si](C)(C)CC1CC(=O)OC1=O. The molecule has 0 aliphatic carbocycles. The van der Waals surface area contributed by atoms with Crippen molar-refractivity contribution >= 4 is 40.5 Å². The minimum atomic E-state index is -2.21. The molecule has 0 radical (unpaired) electrons. The molecule has 7 nitrogen and oxygen atoms in total. The predicted octanol–water partition coefficient (Wildman–Crippen LogP) is 1.59. The Bertz CT molecular complexity index is 507. The Balaban J connectivity index is 1.95. The average molecular weight is 358 g/mol. The van der Waals surface area contributed by atoms with Gasteiger partial charge in [-0.25, -0.2) is 0 Å². The molecule has 0 amide bonds. The fourth-order valence-corrected chi connectivity index (χ4v) is 13.0. The molecule has 23 heavy (non-hydrogen) atoms. The van der Waals surface area contributed by atoms with E-state index in [0.29, 0.717) is 12.1 Å². The second-order valence-electron chi connectivity index (χ2n) is 7.42. The summed E-state index contributed by atoms with van der Waals surface area (Å²) in [5, 5.41) is 0. The highest BCUT2D eigenvalue weighted by Gasteiger charge is 2.44. The summed E-state index contributed by atoms with van der Waals surface area (Å²) in [7, 11) is -4.43. The Hall–Kier alpha value is -1.33. The van der Waals surface area contributed by atoms with E-state index in [1.54, 1.807) is 0 Å². The molecule has 0 bridgehead atoms. The fourth-order valence-electron chi connectivity index (χ4n) is 3.37.